The van der Waals surface area contributed by atoms with Crippen molar-refractivity contribution in [2.45, 2.75) is 13.8 Å². The predicted molar refractivity (Wildman–Crippen MR) is 76.4 cm³/mol. The summed E-state index contributed by atoms with van der Waals surface area (Å²) in [7, 11) is 0. The summed E-state index contributed by atoms with van der Waals surface area (Å²) in [5, 5.41) is 10.7. The van der Waals surface area contributed by atoms with E-state index in [0.29, 0.717) is 0 Å². The molecule has 5 heteroatoms. The van der Waals surface area contributed by atoms with E-state index < -0.39 is 0 Å². The van der Waals surface area contributed by atoms with E-state index in [9.17, 15) is 0 Å². The van der Waals surface area contributed by atoms with E-state index in [0.717, 1.165) is 43.5 Å². The van der Waals surface area contributed by atoms with Crippen LogP contribution in [0.3, 0.4) is 0 Å². The van der Waals surface area contributed by atoms with Gasteiger partial charge in [0.05, 0.1) is 0 Å². The van der Waals surface area contributed by atoms with Crippen molar-refractivity contribution in [2.75, 3.05) is 31.1 Å². The molecule has 1 aliphatic rings. The van der Waals surface area contributed by atoms with Gasteiger partial charge in [-0.15, -0.1) is 5.10 Å². The average Bonchev–Trinajstić information content (AvgIpc) is 2.93. The number of piperazine rings is 1. The minimum absolute atomic E-state index is 0.801. The van der Waals surface area contributed by atoms with E-state index in [1.54, 1.807) is 0 Å². The van der Waals surface area contributed by atoms with E-state index in [2.05, 4.69) is 57.4 Å². The number of aryl methyl sites for hydroxylation is 2. The molecule has 0 amide bonds. The third kappa shape index (κ3) is 2.46. The molecule has 1 saturated heterocycles. The molecule has 1 aromatic heterocycles. The first kappa shape index (κ1) is 12.2. The van der Waals surface area contributed by atoms with E-state index in [4.69, 9.17) is 0 Å². The van der Waals surface area contributed by atoms with Crippen LogP contribution in [0.4, 0.5) is 5.95 Å². The van der Waals surface area contributed by atoms with Gasteiger partial charge in [-0.3, -0.25) is 5.10 Å². The van der Waals surface area contributed by atoms with Crippen molar-refractivity contribution in [3.63, 3.8) is 0 Å². The Balaban J connectivity index is 1.85. The molecule has 0 bridgehead atoms. The number of aromatic nitrogens is 3. The topological polar surface area (TPSA) is 56.8 Å². The minimum Gasteiger partial charge on any atom is -0.337 e. The highest BCUT2D eigenvalue weighted by Gasteiger charge is 2.15. The Labute approximate surface area is 113 Å². The highest BCUT2D eigenvalue weighted by molar-refractivity contribution is 5.58. The van der Waals surface area contributed by atoms with Crippen LogP contribution in [0.15, 0.2) is 18.2 Å². The molecule has 1 fully saturated rings. The lowest BCUT2D eigenvalue weighted by Crippen LogP contribution is -2.44. The number of hydrogen-bond donors (Lipinski definition) is 2. The van der Waals surface area contributed by atoms with Gasteiger partial charge in [0.25, 0.3) is 0 Å². The van der Waals surface area contributed by atoms with Gasteiger partial charge in [0.1, 0.15) is 0 Å². The zero-order valence-corrected chi connectivity index (χ0v) is 11.4. The summed E-state index contributed by atoms with van der Waals surface area (Å²) in [5.41, 5.74) is 3.67. The Kier molecular flexibility index (Phi) is 3.21. The fourth-order valence-corrected chi connectivity index (χ4v) is 2.28. The second-order valence-electron chi connectivity index (χ2n) is 5.02. The van der Waals surface area contributed by atoms with Gasteiger partial charge in [-0.05, 0) is 31.0 Å². The van der Waals surface area contributed by atoms with Crippen LogP contribution >= 0.6 is 0 Å². The molecule has 2 aromatic rings. The maximum Gasteiger partial charge on any atom is 0.245 e. The van der Waals surface area contributed by atoms with Crippen molar-refractivity contribution in [3.05, 3.63) is 29.3 Å². The van der Waals surface area contributed by atoms with Crippen LogP contribution in [-0.2, 0) is 0 Å². The van der Waals surface area contributed by atoms with Crippen molar-refractivity contribution < 1.29 is 0 Å². The molecule has 1 aliphatic heterocycles. The first-order chi connectivity index (χ1) is 9.24. The van der Waals surface area contributed by atoms with E-state index in [1.165, 1.54) is 11.1 Å². The van der Waals surface area contributed by atoms with Crippen molar-refractivity contribution in [1.29, 1.82) is 0 Å². The van der Waals surface area contributed by atoms with Gasteiger partial charge in [-0.1, -0.05) is 12.1 Å². The predicted octanol–water partition coefficient (Wildman–Crippen LogP) is 1.50. The molecule has 2 heterocycles. The fourth-order valence-electron chi connectivity index (χ4n) is 2.28. The molecular formula is C14H19N5. The van der Waals surface area contributed by atoms with Gasteiger partial charge in [0.15, 0.2) is 5.82 Å². The van der Waals surface area contributed by atoms with Crippen molar-refractivity contribution in [3.8, 4) is 11.4 Å². The molecule has 0 unspecified atom stereocenters. The number of nitrogens with zero attached hydrogens (tertiary/aromatic N) is 3. The highest BCUT2D eigenvalue weighted by atomic mass is 15.4. The molecular weight excluding hydrogens is 238 g/mol. The van der Waals surface area contributed by atoms with Crippen LogP contribution in [0.1, 0.15) is 11.1 Å². The van der Waals surface area contributed by atoms with Crippen molar-refractivity contribution in [1.82, 2.24) is 20.5 Å². The fraction of sp³-hybridized carbons (Fsp3) is 0.429. The molecule has 0 radical (unpaired) electrons. The lowest BCUT2D eigenvalue weighted by Gasteiger charge is -2.25. The zero-order valence-electron chi connectivity index (χ0n) is 11.4. The molecule has 0 saturated carbocycles. The summed E-state index contributed by atoms with van der Waals surface area (Å²) in [6, 6.07) is 6.36. The summed E-state index contributed by atoms with van der Waals surface area (Å²) in [6.45, 7) is 8.15. The number of hydrogen-bond acceptors (Lipinski definition) is 4. The van der Waals surface area contributed by atoms with Gasteiger partial charge in [-0.2, -0.15) is 4.98 Å². The minimum atomic E-state index is 0.801. The summed E-state index contributed by atoms with van der Waals surface area (Å²) in [4.78, 5) is 6.81. The van der Waals surface area contributed by atoms with E-state index in [1.807, 2.05) is 0 Å². The summed E-state index contributed by atoms with van der Waals surface area (Å²) in [6.07, 6.45) is 0. The largest absolute Gasteiger partial charge is 0.337 e. The van der Waals surface area contributed by atoms with E-state index in [-0.39, 0.29) is 0 Å². The van der Waals surface area contributed by atoms with Crippen LogP contribution in [-0.4, -0.2) is 41.4 Å². The quantitative estimate of drug-likeness (QED) is 0.856. The highest BCUT2D eigenvalue weighted by Crippen LogP contribution is 2.20. The van der Waals surface area contributed by atoms with Crippen LogP contribution < -0.4 is 10.2 Å². The number of rotatable bonds is 2. The molecule has 2 N–H and O–H groups in total. The van der Waals surface area contributed by atoms with Gasteiger partial charge >= 0.3 is 0 Å². The van der Waals surface area contributed by atoms with Crippen LogP contribution in [0.5, 0.6) is 0 Å². The second kappa shape index (κ2) is 5.01. The number of anilines is 1. The molecule has 3 rings (SSSR count). The number of H-pyrrole nitrogens is 1. The molecule has 0 aliphatic carbocycles. The Morgan fingerprint density at radius 1 is 1.11 bits per heavy atom. The van der Waals surface area contributed by atoms with Crippen molar-refractivity contribution >= 4 is 5.95 Å². The lowest BCUT2D eigenvalue weighted by molar-refractivity contribution is 0.580. The van der Waals surface area contributed by atoms with Crippen molar-refractivity contribution in [2.24, 2.45) is 0 Å². The monoisotopic (exact) mass is 257 g/mol. The summed E-state index contributed by atoms with van der Waals surface area (Å²) in [5.74, 6) is 1.64. The maximum atomic E-state index is 4.61. The third-order valence-electron chi connectivity index (χ3n) is 3.65. The Morgan fingerprint density at radius 2 is 1.89 bits per heavy atom. The third-order valence-corrected chi connectivity index (χ3v) is 3.65. The first-order valence-corrected chi connectivity index (χ1v) is 6.70. The Bertz CT molecular complexity index is 569. The Morgan fingerprint density at radius 3 is 2.63 bits per heavy atom. The summed E-state index contributed by atoms with van der Waals surface area (Å²) < 4.78 is 0. The maximum absolute atomic E-state index is 4.61. The summed E-state index contributed by atoms with van der Waals surface area (Å²) >= 11 is 0. The second-order valence-corrected chi connectivity index (χ2v) is 5.02. The SMILES string of the molecule is Cc1ccc(-c2nc(N3CCNCC3)n[nH]2)cc1C. The van der Waals surface area contributed by atoms with Gasteiger partial charge in [0.2, 0.25) is 5.95 Å². The van der Waals surface area contributed by atoms with Gasteiger partial charge < -0.3 is 10.2 Å². The molecule has 1 aromatic carbocycles. The average molecular weight is 257 g/mol. The van der Waals surface area contributed by atoms with Crippen LogP contribution in [0.25, 0.3) is 11.4 Å². The van der Waals surface area contributed by atoms with Crippen LogP contribution in [0.2, 0.25) is 0 Å². The van der Waals surface area contributed by atoms with Gasteiger partial charge in [0, 0.05) is 31.7 Å². The Hall–Kier alpha value is -1.88. The van der Waals surface area contributed by atoms with Gasteiger partial charge in [-0.25, -0.2) is 0 Å². The normalized spacial score (nSPS) is 15.8. The van der Waals surface area contributed by atoms with E-state index >= 15 is 0 Å². The number of aromatic amines is 1. The smallest absolute Gasteiger partial charge is 0.245 e. The molecule has 5 nitrogen and oxygen atoms in total. The number of nitrogens with one attached hydrogen (secondary N) is 2. The lowest BCUT2D eigenvalue weighted by atomic mass is 10.1. The standard InChI is InChI=1S/C14H19N5/c1-10-3-4-12(9-11(10)2)13-16-14(18-17-13)19-7-5-15-6-8-19/h3-4,9,15H,5-8H2,1-2H3,(H,16,17,18). The molecule has 0 atom stereocenters. The zero-order chi connectivity index (χ0) is 13.2. The molecule has 0 spiro atoms. The van der Waals surface area contributed by atoms with Crippen LogP contribution in [0, 0.1) is 13.8 Å². The molecule has 100 valence electrons. The molecule has 19 heavy (non-hydrogen) atoms. The first-order valence-electron chi connectivity index (χ1n) is 6.70. The number of benzene rings is 1.